The lowest BCUT2D eigenvalue weighted by Crippen LogP contribution is -2.40. The van der Waals surface area contributed by atoms with Crippen molar-refractivity contribution in [3.63, 3.8) is 0 Å². The summed E-state index contributed by atoms with van der Waals surface area (Å²) in [4.78, 5) is 19.3. The first-order valence-electron chi connectivity index (χ1n) is 11.3. The minimum absolute atomic E-state index is 0.0450. The highest BCUT2D eigenvalue weighted by Crippen LogP contribution is 2.31. The third-order valence-corrected chi connectivity index (χ3v) is 6.35. The average molecular weight is 439 g/mol. The van der Waals surface area contributed by atoms with Crippen LogP contribution in [0.15, 0.2) is 41.1 Å². The van der Waals surface area contributed by atoms with Crippen LogP contribution in [0.2, 0.25) is 0 Å². The number of benzene rings is 1. The maximum Gasteiger partial charge on any atom is 0.239 e. The van der Waals surface area contributed by atoms with E-state index in [9.17, 15) is 9.18 Å². The summed E-state index contributed by atoms with van der Waals surface area (Å²) in [6, 6.07) is 8.40. The van der Waals surface area contributed by atoms with Gasteiger partial charge in [-0.2, -0.15) is 10.1 Å². The molecule has 32 heavy (non-hydrogen) atoms. The molecule has 9 heteroatoms. The lowest BCUT2D eigenvalue weighted by Gasteiger charge is -2.30. The van der Waals surface area contributed by atoms with Crippen molar-refractivity contribution in [2.24, 2.45) is 0 Å². The Balaban J connectivity index is 1.20. The van der Waals surface area contributed by atoms with Gasteiger partial charge in [0.2, 0.25) is 17.6 Å². The van der Waals surface area contributed by atoms with Crippen molar-refractivity contribution in [2.75, 3.05) is 25.0 Å². The van der Waals surface area contributed by atoms with Crippen LogP contribution in [0.3, 0.4) is 0 Å². The molecule has 0 radical (unpaired) electrons. The first-order valence-corrected chi connectivity index (χ1v) is 11.3. The van der Waals surface area contributed by atoms with E-state index in [1.807, 2.05) is 10.7 Å². The van der Waals surface area contributed by atoms with Gasteiger partial charge in [-0.25, -0.2) is 9.07 Å². The number of nitrogens with one attached hydrogen (secondary N) is 1. The molecule has 1 saturated heterocycles. The van der Waals surface area contributed by atoms with Crippen molar-refractivity contribution in [3.8, 4) is 11.4 Å². The predicted molar refractivity (Wildman–Crippen MR) is 116 cm³/mol. The van der Waals surface area contributed by atoms with Crippen LogP contribution in [0.25, 0.3) is 11.4 Å². The van der Waals surface area contributed by atoms with Gasteiger partial charge in [0.1, 0.15) is 11.6 Å². The Bertz CT molecular complexity index is 1070. The molecule has 168 valence electrons. The molecule has 0 spiro atoms. The van der Waals surface area contributed by atoms with Crippen LogP contribution >= 0.6 is 0 Å². The van der Waals surface area contributed by atoms with Gasteiger partial charge < -0.3 is 9.84 Å². The number of hydrogen-bond acceptors (Lipinski definition) is 6. The Hall–Kier alpha value is -3.07. The van der Waals surface area contributed by atoms with Crippen LogP contribution in [0.5, 0.6) is 0 Å². The molecule has 2 aromatic heterocycles. The number of likely N-dealkylation sites (tertiary alicyclic amines) is 1. The van der Waals surface area contributed by atoms with Gasteiger partial charge in [0.05, 0.1) is 24.7 Å². The fraction of sp³-hybridized carbons (Fsp3) is 0.478. The van der Waals surface area contributed by atoms with Crippen LogP contribution in [-0.2, 0) is 4.79 Å². The number of hydrogen-bond donors (Lipinski definition) is 1. The number of piperidine rings is 1. The molecule has 5 rings (SSSR count). The van der Waals surface area contributed by atoms with Gasteiger partial charge in [0, 0.05) is 18.2 Å². The first-order chi connectivity index (χ1) is 15.7. The molecule has 0 bridgehead atoms. The Morgan fingerprint density at radius 2 is 2.06 bits per heavy atom. The maximum absolute atomic E-state index is 13.5. The fourth-order valence-electron chi connectivity index (χ4n) is 4.79. The van der Waals surface area contributed by atoms with Gasteiger partial charge >= 0.3 is 0 Å². The predicted octanol–water partition coefficient (Wildman–Crippen LogP) is 4.01. The second-order valence-corrected chi connectivity index (χ2v) is 8.69. The van der Waals surface area contributed by atoms with E-state index in [2.05, 4.69) is 25.5 Å². The minimum Gasteiger partial charge on any atom is -0.339 e. The van der Waals surface area contributed by atoms with E-state index in [0.717, 1.165) is 38.0 Å². The van der Waals surface area contributed by atoms with Crippen molar-refractivity contribution in [3.05, 3.63) is 48.2 Å². The van der Waals surface area contributed by atoms with Crippen LogP contribution in [0, 0.1) is 5.82 Å². The number of aromatic nitrogens is 4. The minimum atomic E-state index is -0.335. The summed E-state index contributed by atoms with van der Waals surface area (Å²) in [5, 5.41) is 11.5. The quantitative estimate of drug-likeness (QED) is 0.626. The number of anilines is 1. The van der Waals surface area contributed by atoms with Crippen molar-refractivity contribution in [2.45, 2.75) is 50.5 Å². The van der Waals surface area contributed by atoms with Crippen molar-refractivity contribution in [1.82, 2.24) is 24.8 Å². The first kappa shape index (κ1) is 20.8. The summed E-state index contributed by atoms with van der Waals surface area (Å²) in [6.45, 7) is 1.81. The Labute approximate surface area is 185 Å². The lowest BCUT2D eigenvalue weighted by molar-refractivity contribution is -0.117. The van der Waals surface area contributed by atoms with Crippen LogP contribution < -0.4 is 5.32 Å². The molecule has 1 saturated carbocycles. The van der Waals surface area contributed by atoms with Gasteiger partial charge in [-0.15, -0.1) is 0 Å². The van der Waals surface area contributed by atoms with Gasteiger partial charge in [-0.3, -0.25) is 9.69 Å². The number of halogens is 1. The van der Waals surface area contributed by atoms with E-state index >= 15 is 0 Å². The number of carbonyl (C=O) groups is 1. The normalized spacial score (nSPS) is 20.0. The van der Waals surface area contributed by atoms with E-state index < -0.39 is 0 Å². The lowest BCUT2D eigenvalue weighted by atomic mass is 9.98. The molecule has 1 N–H and O–H groups in total. The Morgan fingerprint density at radius 1 is 1.19 bits per heavy atom. The van der Waals surface area contributed by atoms with Crippen molar-refractivity contribution in [1.29, 1.82) is 0 Å². The molecule has 2 fully saturated rings. The molecular weight excluding hydrogens is 411 g/mol. The average Bonchev–Trinajstić information content (AvgIpc) is 3.55. The van der Waals surface area contributed by atoms with E-state index in [1.54, 1.807) is 18.3 Å². The summed E-state index contributed by atoms with van der Waals surface area (Å²) in [7, 11) is 0. The molecule has 1 aromatic carbocycles. The standard InChI is InChI=1S/C23H27FN6O2/c24-18-7-3-5-16(13-18)22-27-23(32-28-22)17-6-4-12-29(14-17)15-21(31)26-20-10-11-25-30(20)19-8-1-2-9-19/h3,5,7,10-11,13,17,19H,1-2,4,6,8-9,12,14-15H2,(H,26,31)/t17-/m0/s1. The second kappa shape index (κ2) is 9.20. The largest absolute Gasteiger partial charge is 0.339 e. The van der Waals surface area contributed by atoms with Crippen LogP contribution in [-0.4, -0.2) is 50.4 Å². The zero-order chi connectivity index (χ0) is 21.9. The Kier molecular flexibility index (Phi) is 5.98. The highest BCUT2D eigenvalue weighted by atomic mass is 19.1. The fourth-order valence-corrected chi connectivity index (χ4v) is 4.79. The number of carbonyl (C=O) groups excluding carboxylic acids is 1. The van der Waals surface area contributed by atoms with Gasteiger partial charge in [0.15, 0.2) is 0 Å². The maximum atomic E-state index is 13.5. The zero-order valence-corrected chi connectivity index (χ0v) is 17.9. The van der Waals surface area contributed by atoms with E-state index in [0.29, 0.717) is 36.4 Å². The molecule has 0 unspecified atom stereocenters. The smallest absolute Gasteiger partial charge is 0.239 e. The molecule has 1 aliphatic heterocycles. The van der Waals surface area contributed by atoms with E-state index in [4.69, 9.17) is 4.52 Å². The number of nitrogens with zero attached hydrogens (tertiary/aromatic N) is 5. The molecule has 3 heterocycles. The summed E-state index contributed by atoms with van der Waals surface area (Å²) in [6.07, 6.45) is 8.25. The molecule has 3 aromatic rings. The third kappa shape index (κ3) is 4.57. The summed E-state index contributed by atoms with van der Waals surface area (Å²) in [5.41, 5.74) is 0.589. The third-order valence-electron chi connectivity index (χ3n) is 6.35. The highest BCUT2D eigenvalue weighted by Gasteiger charge is 2.28. The Morgan fingerprint density at radius 3 is 2.91 bits per heavy atom. The van der Waals surface area contributed by atoms with E-state index in [1.165, 1.54) is 25.0 Å². The summed E-state index contributed by atoms with van der Waals surface area (Å²) >= 11 is 0. The van der Waals surface area contributed by atoms with Crippen LogP contribution in [0.1, 0.15) is 56.4 Å². The topological polar surface area (TPSA) is 89.1 Å². The van der Waals surface area contributed by atoms with Gasteiger partial charge in [-0.05, 0) is 44.4 Å². The summed E-state index contributed by atoms with van der Waals surface area (Å²) in [5.74, 6) is 1.36. The van der Waals surface area contributed by atoms with Crippen molar-refractivity contribution < 1.29 is 13.7 Å². The molecule has 1 atom stereocenters. The van der Waals surface area contributed by atoms with Crippen molar-refractivity contribution >= 4 is 11.7 Å². The number of amides is 1. The zero-order valence-electron chi connectivity index (χ0n) is 17.9. The SMILES string of the molecule is O=C(CN1CCC[C@H](c2nc(-c3cccc(F)c3)no2)C1)Nc1ccnn1C1CCCC1. The highest BCUT2D eigenvalue weighted by molar-refractivity contribution is 5.91. The monoisotopic (exact) mass is 438 g/mol. The van der Waals surface area contributed by atoms with Gasteiger partial charge in [-0.1, -0.05) is 30.1 Å². The summed E-state index contributed by atoms with van der Waals surface area (Å²) < 4.78 is 20.9. The molecular formula is C23H27FN6O2. The molecule has 2 aliphatic rings. The van der Waals surface area contributed by atoms with Crippen LogP contribution in [0.4, 0.5) is 10.2 Å². The van der Waals surface area contributed by atoms with Gasteiger partial charge in [0.25, 0.3) is 0 Å². The molecule has 1 aliphatic carbocycles. The van der Waals surface area contributed by atoms with E-state index in [-0.39, 0.29) is 17.6 Å². The molecule has 8 nitrogen and oxygen atoms in total. The number of rotatable bonds is 6. The second-order valence-electron chi connectivity index (χ2n) is 8.69. The molecule has 1 amide bonds.